The maximum Gasteiger partial charge on any atom is 0.0184 e. The zero-order valence-electron chi connectivity index (χ0n) is 22.2. The molecule has 43 heavy (non-hydrogen) atoms. The van der Waals surface area contributed by atoms with Crippen molar-refractivity contribution in [3.63, 3.8) is 0 Å². The Hall–Kier alpha value is -5.32. The van der Waals surface area contributed by atoms with Gasteiger partial charge in [-0.15, -0.1) is 0 Å². The summed E-state index contributed by atoms with van der Waals surface area (Å²) in [5.41, 5.74) is 2.21. The maximum absolute atomic E-state index is 4.95. The molecule has 4 N–H and O–H groups in total. The number of hydrogen-bond donors (Lipinski definition) is 0. The molecular weight excluding hydrogens is 583 g/mol. The van der Waals surface area contributed by atoms with E-state index in [1.54, 1.807) is 0 Å². The first-order chi connectivity index (χ1) is 19.8. The van der Waals surface area contributed by atoms with Crippen molar-refractivity contribution in [2.45, 2.75) is 0 Å². The van der Waals surface area contributed by atoms with Crippen molar-refractivity contribution >= 4 is 66.4 Å². The molecule has 1 aliphatic rings. The Morgan fingerprint density at radius 2 is 0.512 bits per heavy atom. The number of nitrogens with zero attached hydrogens (tertiary/aromatic N) is 8. The van der Waals surface area contributed by atoms with E-state index in [2.05, 4.69) is 0 Å². The van der Waals surface area contributed by atoms with Crippen LogP contribution in [0.1, 0.15) is 0 Å². The molecule has 8 bridgehead atoms. The number of aromatic nitrogens is 4. The SMILES string of the molecule is O.O.[Mn].c1ccc2c3[n-]c(c2c1)/N=c1\[n-]/c(c2ccccc12)=N\c1[n-]c(c2ccccc12)/N=c1\[n-]/c(c2ccccc12)=N\3. The van der Waals surface area contributed by atoms with E-state index in [-0.39, 0.29) is 28.0 Å². The second kappa shape index (κ2) is 10.5. The van der Waals surface area contributed by atoms with E-state index in [0.717, 1.165) is 43.1 Å². The third-order valence-corrected chi connectivity index (χ3v) is 7.33. The zero-order valence-corrected chi connectivity index (χ0v) is 23.4. The molecule has 0 amide bonds. The average molecular weight is 604 g/mol. The quantitative estimate of drug-likeness (QED) is 0.243. The van der Waals surface area contributed by atoms with Crippen LogP contribution in [-0.4, -0.2) is 11.0 Å². The van der Waals surface area contributed by atoms with E-state index in [9.17, 15) is 0 Å². The molecule has 4 aromatic carbocycles. The van der Waals surface area contributed by atoms with Crippen LogP contribution in [0.5, 0.6) is 0 Å². The first-order valence-corrected chi connectivity index (χ1v) is 12.9. The topological polar surface area (TPSA) is 169 Å². The molecule has 0 saturated heterocycles. The van der Waals surface area contributed by atoms with Crippen LogP contribution in [0.4, 0.5) is 23.3 Å². The van der Waals surface area contributed by atoms with Crippen molar-refractivity contribution in [3.05, 3.63) is 119 Å². The van der Waals surface area contributed by atoms with Gasteiger partial charge in [0.2, 0.25) is 0 Å². The van der Waals surface area contributed by atoms with Crippen molar-refractivity contribution in [2.24, 2.45) is 20.0 Å². The van der Waals surface area contributed by atoms with Gasteiger partial charge in [-0.3, -0.25) is 0 Å². The largest absolute Gasteiger partial charge is 0.412 e. The fraction of sp³-hybridized carbons (Fsp3) is 0. The molecule has 0 atom stereocenters. The van der Waals surface area contributed by atoms with Crippen LogP contribution in [0.3, 0.4) is 0 Å². The molecule has 0 unspecified atom stereocenters. The normalized spacial score (nSPS) is 15.1. The Morgan fingerprint density at radius 3 is 0.744 bits per heavy atom. The van der Waals surface area contributed by atoms with Crippen LogP contribution in [0.25, 0.3) is 43.1 Å². The molecule has 0 aliphatic carbocycles. The molecule has 211 valence electrons. The molecular formula is C32H20MnN8O2-4. The van der Waals surface area contributed by atoms with E-state index in [4.69, 9.17) is 39.9 Å². The molecule has 11 heteroatoms. The van der Waals surface area contributed by atoms with Gasteiger partial charge in [-0.1, -0.05) is 97.1 Å². The van der Waals surface area contributed by atoms with Crippen molar-refractivity contribution in [3.8, 4) is 0 Å². The first kappa shape index (κ1) is 27.8. The molecule has 5 heterocycles. The van der Waals surface area contributed by atoms with Gasteiger partial charge >= 0.3 is 0 Å². The minimum Gasteiger partial charge on any atom is -0.412 e. The zero-order chi connectivity index (χ0) is 26.2. The summed E-state index contributed by atoms with van der Waals surface area (Å²) >= 11 is 0. The number of hydrogen-bond acceptors (Lipinski definition) is 4. The summed E-state index contributed by atoms with van der Waals surface area (Å²) in [6, 6.07) is 31.8. The average Bonchev–Trinajstić information content (AvgIpc) is 3.73. The second-order valence-corrected chi connectivity index (χ2v) is 9.67. The van der Waals surface area contributed by atoms with Gasteiger partial charge < -0.3 is 50.9 Å². The van der Waals surface area contributed by atoms with Crippen LogP contribution >= 0.6 is 0 Å². The predicted molar refractivity (Wildman–Crippen MR) is 160 cm³/mol. The fourth-order valence-electron chi connectivity index (χ4n) is 5.46. The van der Waals surface area contributed by atoms with Crippen molar-refractivity contribution in [2.75, 3.05) is 0 Å². The molecule has 4 aromatic heterocycles. The molecule has 9 rings (SSSR count). The minimum atomic E-state index is 0. The van der Waals surface area contributed by atoms with Crippen molar-refractivity contribution in [1.82, 2.24) is 19.9 Å². The minimum absolute atomic E-state index is 0. The summed E-state index contributed by atoms with van der Waals surface area (Å²) in [4.78, 5) is 39.3. The van der Waals surface area contributed by atoms with Crippen molar-refractivity contribution < 1.29 is 28.0 Å². The van der Waals surface area contributed by atoms with Gasteiger partial charge in [0.1, 0.15) is 0 Å². The maximum atomic E-state index is 4.95. The smallest absolute Gasteiger partial charge is 0.0184 e. The summed E-state index contributed by atoms with van der Waals surface area (Å²) < 4.78 is 0. The van der Waals surface area contributed by atoms with Crippen molar-refractivity contribution in [1.29, 1.82) is 0 Å². The third kappa shape index (κ3) is 4.18. The van der Waals surface area contributed by atoms with Crippen LogP contribution in [0.2, 0.25) is 0 Å². The predicted octanol–water partition coefficient (Wildman–Crippen LogP) is 2.59. The first-order valence-electron chi connectivity index (χ1n) is 12.9. The Labute approximate surface area is 252 Å². The van der Waals surface area contributed by atoms with E-state index in [0.29, 0.717) is 45.2 Å². The molecule has 0 saturated carbocycles. The number of fused-ring (bicyclic) bond motifs is 20. The van der Waals surface area contributed by atoms with Gasteiger partial charge in [-0.25, -0.2) is 0 Å². The monoisotopic (exact) mass is 603 g/mol. The van der Waals surface area contributed by atoms with E-state index < -0.39 is 0 Å². The molecule has 1 aliphatic heterocycles. The molecule has 10 nitrogen and oxygen atoms in total. The van der Waals surface area contributed by atoms with E-state index in [1.807, 2.05) is 97.1 Å². The third-order valence-electron chi connectivity index (χ3n) is 7.33. The van der Waals surface area contributed by atoms with E-state index >= 15 is 0 Å². The molecule has 0 fully saturated rings. The number of benzene rings is 4. The Morgan fingerprint density at radius 1 is 0.302 bits per heavy atom. The van der Waals surface area contributed by atoms with Gasteiger partial charge in [0.05, 0.1) is 0 Å². The Balaban J connectivity index is 0.00000110. The Kier molecular flexibility index (Phi) is 6.80. The number of rotatable bonds is 0. The summed E-state index contributed by atoms with van der Waals surface area (Å²) in [6.07, 6.45) is 0. The van der Waals surface area contributed by atoms with Crippen LogP contribution in [0.15, 0.2) is 117 Å². The second-order valence-electron chi connectivity index (χ2n) is 9.67. The fourth-order valence-corrected chi connectivity index (χ4v) is 5.46. The van der Waals surface area contributed by atoms with Crippen LogP contribution in [-0.2, 0) is 17.1 Å². The van der Waals surface area contributed by atoms with E-state index in [1.165, 1.54) is 0 Å². The van der Waals surface area contributed by atoms with Gasteiger partial charge in [-0.05, 0) is 43.1 Å². The van der Waals surface area contributed by atoms with Crippen LogP contribution in [0, 0.1) is 0 Å². The summed E-state index contributed by atoms with van der Waals surface area (Å²) in [5.74, 6) is 2.21. The Bertz CT molecular complexity index is 2230. The molecule has 0 spiro atoms. The van der Waals surface area contributed by atoms with Gasteiger partial charge in [-0.2, -0.15) is 0 Å². The summed E-state index contributed by atoms with van der Waals surface area (Å²) in [7, 11) is 0. The molecule has 1 radical (unpaired) electrons. The van der Waals surface area contributed by atoms with Crippen LogP contribution < -0.4 is 41.9 Å². The van der Waals surface area contributed by atoms with Gasteiger partial charge in [0, 0.05) is 62.3 Å². The molecule has 8 aromatic rings. The summed E-state index contributed by atoms with van der Waals surface area (Å²) in [6.45, 7) is 0. The standard InChI is InChI=1S/C32H16N8.Mn.2H2O/c1-2-10-18-17(9-1)25-33-26(18)38-28-21-13-5-6-14-22(21)30(35-28)40-32-24-16-8-7-15-23(24)31(36-32)39-29-20-12-4-3-11-19(20)27(34-29)37-25;;;/h1-16H;;2*1H2/q-4;;;. The van der Waals surface area contributed by atoms with Gasteiger partial charge in [0.15, 0.2) is 0 Å². The van der Waals surface area contributed by atoms with Gasteiger partial charge in [0.25, 0.3) is 0 Å². The summed E-state index contributed by atoms with van der Waals surface area (Å²) in [5, 5.41) is 7.15.